The molecule has 1 heterocycles. The lowest BCUT2D eigenvalue weighted by Gasteiger charge is -2.39. The normalized spacial score (nSPS) is 20.9. The maximum atomic E-state index is 11.9. The molecule has 0 spiro atoms. The summed E-state index contributed by atoms with van der Waals surface area (Å²) in [6, 6.07) is 24.7. The largest absolute Gasteiger partial charge is 0.392 e. The summed E-state index contributed by atoms with van der Waals surface area (Å²) in [4.78, 5) is 14.0. The van der Waals surface area contributed by atoms with E-state index in [0.717, 1.165) is 27.8 Å². The molecule has 0 radical (unpaired) electrons. The Balaban J connectivity index is 1.49. The molecule has 1 amide bonds. The van der Waals surface area contributed by atoms with Crippen LogP contribution < -0.4 is 5.32 Å². The molecule has 1 saturated heterocycles. The zero-order valence-electron chi connectivity index (χ0n) is 22.9. The van der Waals surface area contributed by atoms with E-state index in [9.17, 15) is 15.0 Å². The Hall–Kier alpha value is -2.20. The Labute approximate surface area is 255 Å². The summed E-state index contributed by atoms with van der Waals surface area (Å²) in [5, 5.41) is 23.0. The van der Waals surface area contributed by atoms with Gasteiger partial charge in [0.2, 0.25) is 0 Å². The number of carbonyl (C=O) groups is 1. The molecule has 3 aromatic carbocycles. The molecule has 1 aliphatic rings. The Morgan fingerprint density at radius 1 is 0.976 bits per heavy atom. The summed E-state index contributed by atoms with van der Waals surface area (Å²) in [5.41, 5.74) is 4.33. The summed E-state index contributed by atoms with van der Waals surface area (Å²) in [6.07, 6.45) is -1.08. The van der Waals surface area contributed by atoms with Crippen molar-refractivity contribution < 1.29 is 24.5 Å². The van der Waals surface area contributed by atoms with Gasteiger partial charge in [-0.15, -0.1) is 0 Å². The number of nitrogens with zero attached hydrogens (tertiary/aromatic N) is 1. The predicted molar refractivity (Wildman–Crippen MR) is 160 cm³/mol. The fourth-order valence-corrected chi connectivity index (χ4v) is 4.97. The predicted octanol–water partition coefficient (Wildman–Crippen LogP) is 5.76. The van der Waals surface area contributed by atoms with Crippen molar-refractivity contribution in [3.8, 4) is 0 Å². The number of aliphatic hydroxyl groups excluding tert-OH is 2. The van der Waals surface area contributed by atoms with Crippen molar-refractivity contribution in [2.75, 3.05) is 13.6 Å². The van der Waals surface area contributed by atoms with Crippen LogP contribution in [0.3, 0.4) is 0 Å². The number of benzene rings is 3. The van der Waals surface area contributed by atoms with Crippen LogP contribution in [-0.2, 0) is 27.4 Å². The van der Waals surface area contributed by atoms with Crippen LogP contribution in [-0.4, -0.2) is 50.6 Å². The first-order valence-corrected chi connectivity index (χ1v) is 14.6. The Morgan fingerprint density at radius 2 is 1.59 bits per heavy atom. The quantitative estimate of drug-likeness (QED) is 0.249. The molecule has 3 aromatic rings. The van der Waals surface area contributed by atoms with Gasteiger partial charge in [0.1, 0.15) is 0 Å². The van der Waals surface area contributed by atoms with Gasteiger partial charge in [0.05, 0.1) is 24.9 Å². The summed E-state index contributed by atoms with van der Waals surface area (Å²) in [6.45, 7) is 2.76. The summed E-state index contributed by atoms with van der Waals surface area (Å²) < 4.78 is 10.9. The van der Waals surface area contributed by atoms with E-state index >= 15 is 0 Å². The standard InChI is InChI=1S/C31H35Cl3N2O5/c1-20(28(38)24-6-4-3-5-7-24)36(2)18-26-16-27(23-12-10-22(19-37)11-13-23)41-29(40-26)25-14-8-21(9-15-25)17-35-30(39)31(32,33)34/h3-15,20,26-29,37-38H,16-19H2,1-2H3,(H,35,39)/t20-,26-,27+,28-,29+/m0/s1. The van der Waals surface area contributed by atoms with Gasteiger partial charge in [0.15, 0.2) is 6.29 Å². The molecule has 41 heavy (non-hydrogen) atoms. The maximum absolute atomic E-state index is 11.9. The molecule has 4 rings (SSSR count). The van der Waals surface area contributed by atoms with Gasteiger partial charge in [0.25, 0.3) is 9.70 Å². The van der Waals surface area contributed by atoms with Gasteiger partial charge in [-0.1, -0.05) is 114 Å². The summed E-state index contributed by atoms with van der Waals surface area (Å²) in [7, 11) is 1.98. The summed E-state index contributed by atoms with van der Waals surface area (Å²) >= 11 is 16.9. The second-order valence-electron chi connectivity index (χ2n) is 10.3. The fraction of sp³-hybridized carbons (Fsp3) is 0.387. The van der Waals surface area contributed by atoms with Gasteiger partial charge >= 0.3 is 0 Å². The molecule has 0 aliphatic carbocycles. The molecule has 7 nitrogen and oxygen atoms in total. The molecule has 220 valence electrons. The highest BCUT2D eigenvalue weighted by Gasteiger charge is 2.34. The number of alkyl halides is 3. The van der Waals surface area contributed by atoms with Gasteiger partial charge in [0, 0.05) is 31.1 Å². The fourth-order valence-electron chi connectivity index (χ4n) is 4.77. The van der Waals surface area contributed by atoms with Crippen molar-refractivity contribution >= 4 is 40.7 Å². The third kappa shape index (κ3) is 8.66. The first kappa shape index (κ1) is 31.7. The number of aliphatic hydroxyl groups is 2. The molecule has 3 N–H and O–H groups in total. The Kier molecular flexibility index (Phi) is 11.1. The lowest BCUT2D eigenvalue weighted by atomic mass is 9.98. The monoisotopic (exact) mass is 620 g/mol. The number of carbonyl (C=O) groups excluding carboxylic acids is 1. The molecule has 0 bridgehead atoms. The number of ether oxygens (including phenoxy) is 2. The van der Waals surface area contributed by atoms with Crippen LogP contribution in [0.5, 0.6) is 0 Å². The van der Waals surface area contributed by atoms with Crippen LogP contribution in [0.15, 0.2) is 78.9 Å². The highest BCUT2D eigenvalue weighted by atomic mass is 35.6. The zero-order valence-corrected chi connectivity index (χ0v) is 25.2. The number of nitrogens with one attached hydrogen (secondary N) is 1. The average Bonchev–Trinajstić information content (AvgIpc) is 2.99. The van der Waals surface area contributed by atoms with E-state index in [0.29, 0.717) is 13.0 Å². The van der Waals surface area contributed by atoms with Crippen LogP contribution >= 0.6 is 34.8 Å². The maximum Gasteiger partial charge on any atom is 0.272 e. The van der Waals surface area contributed by atoms with Crippen molar-refractivity contribution in [1.82, 2.24) is 10.2 Å². The van der Waals surface area contributed by atoms with Gasteiger partial charge in [-0.2, -0.15) is 0 Å². The lowest BCUT2D eigenvalue weighted by molar-refractivity contribution is -0.253. The van der Waals surface area contributed by atoms with Crippen LogP contribution in [0.1, 0.15) is 59.7 Å². The van der Waals surface area contributed by atoms with E-state index in [-0.39, 0.29) is 31.4 Å². The molecule has 0 saturated carbocycles. The van der Waals surface area contributed by atoms with Crippen molar-refractivity contribution in [3.63, 3.8) is 0 Å². The second kappa shape index (κ2) is 14.3. The number of amides is 1. The number of hydrogen-bond acceptors (Lipinski definition) is 6. The van der Waals surface area contributed by atoms with E-state index in [1.807, 2.05) is 92.8 Å². The number of likely N-dealkylation sites (N-methyl/N-ethyl adjacent to an activating group) is 1. The van der Waals surface area contributed by atoms with Crippen molar-refractivity contribution in [1.29, 1.82) is 0 Å². The molecule has 1 aliphatic heterocycles. The first-order chi connectivity index (χ1) is 19.5. The molecule has 0 unspecified atom stereocenters. The molecule has 0 aromatic heterocycles. The third-order valence-electron chi connectivity index (χ3n) is 7.36. The van der Waals surface area contributed by atoms with E-state index < -0.39 is 22.1 Å². The van der Waals surface area contributed by atoms with E-state index in [1.165, 1.54) is 0 Å². The highest BCUT2D eigenvalue weighted by Crippen LogP contribution is 2.38. The lowest BCUT2D eigenvalue weighted by Crippen LogP contribution is -2.43. The van der Waals surface area contributed by atoms with Gasteiger partial charge in [-0.25, -0.2) is 0 Å². The second-order valence-corrected chi connectivity index (χ2v) is 12.6. The Bertz CT molecular complexity index is 1260. The van der Waals surface area contributed by atoms with Crippen molar-refractivity contribution in [2.24, 2.45) is 0 Å². The van der Waals surface area contributed by atoms with Gasteiger partial charge < -0.3 is 25.0 Å². The molecule has 5 atom stereocenters. The van der Waals surface area contributed by atoms with Crippen LogP contribution in [0.2, 0.25) is 0 Å². The molecular formula is C31H35Cl3N2O5. The van der Waals surface area contributed by atoms with Gasteiger partial charge in [-0.05, 0) is 36.2 Å². The summed E-state index contributed by atoms with van der Waals surface area (Å²) in [5.74, 6) is -0.695. The van der Waals surface area contributed by atoms with Gasteiger partial charge in [-0.3, -0.25) is 9.69 Å². The molecule has 10 heteroatoms. The topological polar surface area (TPSA) is 91.3 Å². The van der Waals surface area contributed by atoms with Crippen LogP contribution in [0.4, 0.5) is 0 Å². The minimum atomic E-state index is -2.02. The first-order valence-electron chi connectivity index (χ1n) is 13.4. The smallest absolute Gasteiger partial charge is 0.272 e. The van der Waals surface area contributed by atoms with Crippen LogP contribution in [0.25, 0.3) is 0 Å². The zero-order chi connectivity index (χ0) is 29.6. The van der Waals surface area contributed by atoms with E-state index in [2.05, 4.69) is 10.2 Å². The Morgan fingerprint density at radius 3 is 2.20 bits per heavy atom. The average molecular weight is 622 g/mol. The number of hydrogen-bond donors (Lipinski definition) is 3. The molecule has 1 fully saturated rings. The van der Waals surface area contributed by atoms with E-state index in [1.54, 1.807) is 0 Å². The highest BCUT2D eigenvalue weighted by molar-refractivity contribution is 6.76. The number of halogens is 3. The minimum Gasteiger partial charge on any atom is -0.392 e. The SMILES string of the molecule is C[C@@H]([C@H](O)c1ccccc1)N(C)C[C@@H]1C[C@H](c2ccc(CO)cc2)O[C@H](c2ccc(CNC(=O)C(Cl)(Cl)Cl)cc2)O1. The van der Waals surface area contributed by atoms with Crippen LogP contribution in [0, 0.1) is 0 Å². The van der Waals surface area contributed by atoms with E-state index in [4.69, 9.17) is 44.3 Å². The molecular weight excluding hydrogens is 587 g/mol. The third-order valence-corrected chi connectivity index (χ3v) is 7.88. The van der Waals surface area contributed by atoms with Crippen molar-refractivity contribution in [2.45, 2.75) is 60.9 Å². The van der Waals surface area contributed by atoms with Crippen molar-refractivity contribution in [3.05, 3.63) is 107 Å². The number of rotatable bonds is 10. The minimum absolute atomic E-state index is 0.0267.